The predicted molar refractivity (Wildman–Crippen MR) is 93.4 cm³/mol. The summed E-state index contributed by atoms with van der Waals surface area (Å²) < 4.78 is 0. The summed E-state index contributed by atoms with van der Waals surface area (Å²) in [4.78, 5) is 10.7. The molecule has 3 nitrogen and oxygen atoms in total. The van der Waals surface area contributed by atoms with Crippen LogP contribution in [-0.4, -0.2) is 18.2 Å². The van der Waals surface area contributed by atoms with E-state index in [0.29, 0.717) is 10.8 Å². The molecule has 22 heavy (non-hydrogen) atoms. The Balaban J connectivity index is 1.94. The van der Waals surface area contributed by atoms with Crippen molar-refractivity contribution in [3.63, 3.8) is 0 Å². The number of pyridine rings is 1. The first-order valence-corrected chi connectivity index (χ1v) is 7.58. The second kappa shape index (κ2) is 5.58. The molecule has 1 aliphatic rings. The van der Waals surface area contributed by atoms with E-state index in [-0.39, 0.29) is 5.41 Å². The van der Waals surface area contributed by atoms with Crippen molar-refractivity contribution in [2.75, 3.05) is 11.9 Å². The topological polar surface area (TPSA) is 28.5 Å². The second-order valence-electron chi connectivity index (χ2n) is 5.84. The van der Waals surface area contributed by atoms with Crippen molar-refractivity contribution >= 4 is 29.2 Å². The Morgan fingerprint density at radius 1 is 1.18 bits per heavy atom. The van der Waals surface area contributed by atoms with Crippen LogP contribution >= 0.6 is 11.6 Å². The fraction of sp³-hybridized carbons (Fsp3) is 0.222. The van der Waals surface area contributed by atoms with Gasteiger partial charge in [-0.1, -0.05) is 43.6 Å². The van der Waals surface area contributed by atoms with Crippen LogP contribution in [0.4, 0.5) is 11.4 Å². The van der Waals surface area contributed by atoms with Gasteiger partial charge in [-0.15, -0.1) is 0 Å². The van der Waals surface area contributed by atoms with E-state index in [4.69, 9.17) is 11.6 Å². The van der Waals surface area contributed by atoms with Crippen LogP contribution in [0.2, 0.25) is 5.15 Å². The maximum atomic E-state index is 6.02. The van der Waals surface area contributed by atoms with E-state index < -0.39 is 0 Å². The lowest BCUT2D eigenvalue weighted by Gasteiger charge is -2.23. The Labute approximate surface area is 136 Å². The highest BCUT2D eigenvalue weighted by Crippen LogP contribution is 2.46. The number of nitrogens with zero attached hydrogens (tertiary/aromatic N) is 3. The zero-order valence-corrected chi connectivity index (χ0v) is 13.7. The van der Waals surface area contributed by atoms with Gasteiger partial charge in [0.05, 0.1) is 0 Å². The molecule has 0 aliphatic carbocycles. The number of hydrogen-bond acceptors (Lipinski definition) is 3. The number of benzene rings is 1. The second-order valence-corrected chi connectivity index (χ2v) is 6.20. The minimum atomic E-state index is -0.0455. The summed E-state index contributed by atoms with van der Waals surface area (Å²) in [6.45, 7) is 4.46. The molecule has 0 N–H and O–H groups in total. The first kappa shape index (κ1) is 14.8. The van der Waals surface area contributed by atoms with Gasteiger partial charge in [-0.2, -0.15) is 0 Å². The fourth-order valence-electron chi connectivity index (χ4n) is 2.96. The molecule has 0 spiro atoms. The highest BCUT2D eigenvalue weighted by Gasteiger charge is 2.37. The Kier molecular flexibility index (Phi) is 3.75. The van der Waals surface area contributed by atoms with Crippen LogP contribution in [-0.2, 0) is 5.41 Å². The minimum Gasteiger partial charge on any atom is -0.347 e. The van der Waals surface area contributed by atoms with Gasteiger partial charge < -0.3 is 4.90 Å². The SMILES string of the molecule is CN1C(=CC=Nc2cccnc2Cl)C(C)(C)c2ccccc21. The van der Waals surface area contributed by atoms with Crippen molar-refractivity contribution < 1.29 is 0 Å². The lowest BCUT2D eigenvalue weighted by Crippen LogP contribution is -2.23. The minimum absolute atomic E-state index is 0.0455. The van der Waals surface area contributed by atoms with E-state index in [9.17, 15) is 0 Å². The van der Waals surface area contributed by atoms with Crippen LogP contribution in [0.5, 0.6) is 0 Å². The molecule has 2 aromatic rings. The van der Waals surface area contributed by atoms with Gasteiger partial charge in [0.2, 0.25) is 0 Å². The van der Waals surface area contributed by atoms with Crippen LogP contribution in [0.1, 0.15) is 19.4 Å². The molecule has 0 radical (unpaired) electrons. The molecule has 1 aliphatic heterocycles. The standard InChI is InChI=1S/C18H18ClN3/c1-18(2)13-7-4-5-9-15(13)22(3)16(18)10-12-20-14-8-6-11-21-17(14)19/h4-12H,1-3H3. The van der Waals surface area contributed by atoms with Gasteiger partial charge in [-0.25, -0.2) is 4.98 Å². The molecule has 0 atom stereocenters. The number of allylic oxidation sites excluding steroid dienone is 2. The molecule has 0 unspecified atom stereocenters. The summed E-state index contributed by atoms with van der Waals surface area (Å²) in [5.41, 5.74) is 4.41. The van der Waals surface area contributed by atoms with Crippen molar-refractivity contribution in [1.29, 1.82) is 0 Å². The molecule has 2 heterocycles. The number of aliphatic imine (C=N–C) groups is 1. The lowest BCUT2D eigenvalue weighted by molar-refractivity contribution is 0.641. The number of anilines is 1. The molecule has 1 aromatic carbocycles. The maximum absolute atomic E-state index is 6.02. The molecule has 1 aromatic heterocycles. The average Bonchev–Trinajstić information content (AvgIpc) is 2.70. The van der Waals surface area contributed by atoms with E-state index in [1.807, 2.05) is 18.2 Å². The Morgan fingerprint density at radius 3 is 2.68 bits per heavy atom. The van der Waals surface area contributed by atoms with Gasteiger partial charge in [0.25, 0.3) is 0 Å². The lowest BCUT2D eigenvalue weighted by atomic mass is 9.84. The highest BCUT2D eigenvalue weighted by atomic mass is 35.5. The molecule has 4 heteroatoms. The Hall–Kier alpha value is -2.13. The van der Waals surface area contributed by atoms with E-state index in [1.54, 1.807) is 12.4 Å². The van der Waals surface area contributed by atoms with Gasteiger partial charge in [0, 0.05) is 36.3 Å². The summed E-state index contributed by atoms with van der Waals surface area (Å²) >= 11 is 6.02. The third-order valence-corrected chi connectivity index (χ3v) is 4.42. The van der Waals surface area contributed by atoms with Crippen LogP contribution < -0.4 is 4.90 Å². The molecule has 3 rings (SSSR count). The summed E-state index contributed by atoms with van der Waals surface area (Å²) in [7, 11) is 2.09. The number of fused-ring (bicyclic) bond motifs is 1. The van der Waals surface area contributed by atoms with Crippen molar-refractivity contribution in [2.24, 2.45) is 4.99 Å². The van der Waals surface area contributed by atoms with Gasteiger partial charge in [0.15, 0.2) is 5.15 Å². The van der Waals surface area contributed by atoms with Crippen LogP contribution in [0, 0.1) is 0 Å². The number of rotatable bonds is 2. The Bertz CT molecular complexity index is 762. The summed E-state index contributed by atoms with van der Waals surface area (Å²) in [6, 6.07) is 12.2. The van der Waals surface area contributed by atoms with Crippen LogP contribution in [0.15, 0.2) is 59.4 Å². The monoisotopic (exact) mass is 311 g/mol. The van der Waals surface area contributed by atoms with Crippen LogP contribution in [0.25, 0.3) is 0 Å². The third-order valence-electron chi connectivity index (χ3n) is 4.13. The average molecular weight is 312 g/mol. The highest BCUT2D eigenvalue weighted by molar-refractivity contribution is 6.31. The van der Waals surface area contributed by atoms with Gasteiger partial charge >= 0.3 is 0 Å². The first-order chi connectivity index (χ1) is 10.5. The van der Waals surface area contributed by atoms with Crippen molar-refractivity contribution in [3.8, 4) is 0 Å². The van der Waals surface area contributed by atoms with E-state index in [2.05, 4.69) is 60.0 Å². The zero-order chi connectivity index (χ0) is 15.7. The molecule has 0 fully saturated rings. The van der Waals surface area contributed by atoms with Crippen molar-refractivity contribution in [1.82, 2.24) is 4.98 Å². The van der Waals surface area contributed by atoms with Gasteiger partial charge in [-0.3, -0.25) is 4.99 Å². The summed E-state index contributed by atoms with van der Waals surface area (Å²) in [5, 5.41) is 0.416. The van der Waals surface area contributed by atoms with Crippen molar-refractivity contribution in [3.05, 3.63) is 65.1 Å². The first-order valence-electron chi connectivity index (χ1n) is 7.20. The quantitative estimate of drug-likeness (QED) is 0.591. The number of hydrogen-bond donors (Lipinski definition) is 0. The smallest absolute Gasteiger partial charge is 0.154 e. The normalized spacial score (nSPS) is 18.2. The molecule has 0 bridgehead atoms. The maximum Gasteiger partial charge on any atom is 0.154 e. The van der Waals surface area contributed by atoms with Gasteiger partial charge in [-0.05, 0) is 29.8 Å². The Morgan fingerprint density at radius 2 is 1.95 bits per heavy atom. The molecule has 112 valence electrons. The number of aromatic nitrogens is 1. The third kappa shape index (κ3) is 2.42. The number of likely N-dealkylation sites (N-methyl/N-ethyl adjacent to an activating group) is 1. The van der Waals surface area contributed by atoms with E-state index in [1.165, 1.54) is 16.9 Å². The number of para-hydroxylation sites is 1. The predicted octanol–water partition coefficient (Wildman–Crippen LogP) is 4.75. The molecular formula is C18H18ClN3. The van der Waals surface area contributed by atoms with Crippen LogP contribution in [0.3, 0.4) is 0 Å². The van der Waals surface area contributed by atoms with Gasteiger partial charge in [0.1, 0.15) is 5.69 Å². The summed E-state index contributed by atoms with van der Waals surface area (Å²) in [6.07, 6.45) is 5.50. The molecule has 0 saturated heterocycles. The number of halogens is 1. The van der Waals surface area contributed by atoms with E-state index in [0.717, 1.165) is 0 Å². The largest absolute Gasteiger partial charge is 0.347 e. The van der Waals surface area contributed by atoms with E-state index >= 15 is 0 Å². The summed E-state index contributed by atoms with van der Waals surface area (Å²) in [5.74, 6) is 0. The fourth-order valence-corrected chi connectivity index (χ4v) is 3.13. The zero-order valence-electron chi connectivity index (χ0n) is 12.9. The molecule has 0 amide bonds. The van der Waals surface area contributed by atoms with Crippen molar-refractivity contribution in [2.45, 2.75) is 19.3 Å². The molecule has 0 saturated carbocycles. The molecular weight excluding hydrogens is 294 g/mol.